The van der Waals surface area contributed by atoms with Gasteiger partial charge in [-0.15, -0.1) is 0 Å². The largest absolute Gasteiger partial charge is 0.495 e. The van der Waals surface area contributed by atoms with Crippen LogP contribution in [0.25, 0.3) is 0 Å². The maximum atomic E-state index is 6.14. The Morgan fingerprint density at radius 2 is 1.72 bits per heavy atom. The van der Waals surface area contributed by atoms with E-state index in [4.69, 9.17) is 16.3 Å². The van der Waals surface area contributed by atoms with Gasteiger partial charge in [0.05, 0.1) is 17.0 Å². The van der Waals surface area contributed by atoms with Gasteiger partial charge < -0.3 is 4.74 Å². The zero-order valence-corrected chi connectivity index (χ0v) is 14.2. The highest BCUT2D eigenvalue weighted by molar-refractivity contribution is 14.1. The molecular formula is C14H11BrClIO. The Labute approximate surface area is 134 Å². The SMILES string of the molecule is COc1ccc(C(Br)c2ccc(I)cc2)cc1Cl. The van der Waals surface area contributed by atoms with E-state index < -0.39 is 0 Å². The second kappa shape index (κ2) is 6.26. The third-order valence-corrected chi connectivity index (χ3v) is 4.70. The van der Waals surface area contributed by atoms with Crippen molar-refractivity contribution in [2.75, 3.05) is 7.11 Å². The van der Waals surface area contributed by atoms with E-state index >= 15 is 0 Å². The lowest BCUT2D eigenvalue weighted by Crippen LogP contribution is -1.94. The van der Waals surface area contributed by atoms with Crippen molar-refractivity contribution in [2.45, 2.75) is 4.83 Å². The van der Waals surface area contributed by atoms with E-state index in [1.54, 1.807) is 7.11 Å². The van der Waals surface area contributed by atoms with E-state index in [1.807, 2.05) is 18.2 Å². The fraction of sp³-hybridized carbons (Fsp3) is 0.143. The molecule has 1 unspecified atom stereocenters. The third kappa shape index (κ3) is 3.19. The van der Waals surface area contributed by atoms with Crippen LogP contribution in [0.3, 0.4) is 0 Å². The van der Waals surface area contributed by atoms with Crippen molar-refractivity contribution in [3.8, 4) is 5.75 Å². The van der Waals surface area contributed by atoms with Crippen LogP contribution in [0.15, 0.2) is 42.5 Å². The molecule has 0 N–H and O–H groups in total. The molecule has 4 heteroatoms. The maximum absolute atomic E-state index is 6.14. The first kappa shape index (κ1) is 14.2. The van der Waals surface area contributed by atoms with Gasteiger partial charge in [-0.3, -0.25) is 0 Å². The van der Waals surface area contributed by atoms with Crippen LogP contribution in [0.4, 0.5) is 0 Å². The molecule has 0 radical (unpaired) electrons. The first-order valence-electron chi connectivity index (χ1n) is 5.35. The lowest BCUT2D eigenvalue weighted by atomic mass is 10.0. The number of hydrogen-bond acceptors (Lipinski definition) is 1. The van der Waals surface area contributed by atoms with Crippen LogP contribution in [0.5, 0.6) is 5.75 Å². The summed E-state index contributed by atoms with van der Waals surface area (Å²) in [7, 11) is 1.62. The minimum Gasteiger partial charge on any atom is -0.495 e. The molecule has 0 aliphatic rings. The molecule has 0 aliphatic carbocycles. The van der Waals surface area contributed by atoms with Crippen LogP contribution in [-0.4, -0.2) is 7.11 Å². The molecule has 0 spiro atoms. The van der Waals surface area contributed by atoms with Gasteiger partial charge in [0.1, 0.15) is 5.75 Å². The van der Waals surface area contributed by atoms with E-state index in [-0.39, 0.29) is 4.83 Å². The van der Waals surface area contributed by atoms with Crippen molar-refractivity contribution in [2.24, 2.45) is 0 Å². The quantitative estimate of drug-likeness (QED) is 0.459. The molecule has 0 bridgehead atoms. The Balaban J connectivity index is 2.31. The lowest BCUT2D eigenvalue weighted by molar-refractivity contribution is 0.415. The molecule has 1 nitrogen and oxygen atoms in total. The highest BCUT2D eigenvalue weighted by Gasteiger charge is 2.12. The molecular weight excluding hydrogens is 426 g/mol. The van der Waals surface area contributed by atoms with E-state index in [2.05, 4.69) is 62.8 Å². The Morgan fingerprint density at radius 3 is 2.28 bits per heavy atom. The molecule has 0 fully saturated rings. The van der Waals surface area contributed by atoms with Gasteiger partial charge in [-0.2, -0.15) is 0 Å². The second-order valence-corrected chi connectivity index (χ2v) is 6.38. The molecule has 2 rings (SSSR count). The molecule has 94 valence electrons. The number of hydrogen-bond donors (Lipinski definition) is 0. The van der Waals surface area contributed by atoms with Crippen molar-refractivity contribution >= 4 is 50.1 Å². The Hall–Kier alpha value is -0.260. The molecule has 0 heterocycles. The zero-order valence-electron chi connectivity index (χ0n) is 9.66. The first-order chi connectivity index (χ1) is 8.61. The average Bonchev–Trinajstić information content (AvgIpc) is 2.38. The highest BCUT2D eigenvalue weighted by atomic mass is 127. The van der Waals surface area contributed by atoms with Gasteiger partial charge in [0.25, 0.3) is 0 Å². The van der Waals surface area contributed by atoms with Gasteiger partial charge >= 0.3 is 0 Å². The van der Waals surface area contributed by atoms with E-state index in [1.165, 1.54) is 9.13 Å². The van der Waals surface area contributed by atoms with E-state index in [9.17, 15) is 0 Å². The summed E-state index contributed by atoms with van der Waals surface area (Å²) in [6.07, 6.45) is 0. The second-order valence-electron chi connectivity index (χ2n) is 3.81. The average molecular weight is 438 g/mol. The summed E-state index contributed by atoms with van der Waals surface area (Å²) in [5, 5.41) is 0.630. The summed E-state index contributed by atoms with van der Waals surface area (Å²) in [6, 6.07) is 14.2. The number of rotatable bonds is 3. The monoisotopic (exact) mass is 436 g/mol. The summed E-state index contributed by atoms with van der Waals surface area (Å²) >= 11 is 12.1. The molecule has 2 aromatic rings. The van der Waals surface area contributed by atoms with Gasteiger partial charge in [0, 0.05) is 3.57 Å². The molecule has 0 saturated carbocycles. The molecule has 1 atom stereocenters. The van der Waals surface area contributed by atoms with Crippen molar-refractivity contribution in [3.05, 3.63) is 62.2 Å². The van der Waals surface area contributed by atoms with Gasteiger partial charge in [0.15, 0.2) is 0 Å². The molecule has 18 heavy (non-hydrogen) atoms. The number of benzene rings is 2. The van der Waals surface area contributed by atoms with Crippen LogP contribution >= 0.6 is 50.1 Å². The summed E-state index contributed by atoms with van der Waals surface area (Å²) in [5.74, 6) is 0.697. The Kier molecular flexibility index (Phi) is 4.92. The zero-order chi connectivity index (χ0) is 13.1. The predicted octanol–water partition coefficient (Wildman–Crippen LogP) is 5.44. The van der Waals surface area contributed by atoms with Crippen molar-refractivity contribution in [1.82, 2.24) is 0 Å². The normalized spacial score (nSPS) is 12.2. The van der Waals surface area contributed by atoms with Crippen molar-refractivity contribution in [3.63, 3.8) is 0 Å². The van der Waals surface area contributed by atoms with Gasteiger partial charge in [0.2, 0.25) is 0 Å². The molecule has 0 aliphatic heterocycles. The number of halogens is 3. The Bertz CT molecular complexity index is 542. The standard InChI is InChI=1S/C14H11BrClIO/c1-18-13-7-4-10(8-12(13)16)14(15)9-2-5-11(17)6-3-9/h2-8,14H,1H3. The van der Waals surface area contributed by atoms with Crippen LogP contribution in [0, 0.1) is 3.57 Å². The fourth-order valence-corrected chi connectivity index (χ4v) is 2.88. The molecule has 0 saturated heterocycles. The minimum absolute atomic E-state index is 0.137. The summed E-state index contributed by atoms with van der Waals surface area (Å²) < 4.78 is 6.38. The Morgan fingerprint density at radius 1 is 1.11 bits per heavy atom. The molecule has 0 aromatic heterocycles. The third-order valence-electron chi connectivity index (χ3n) is 2.63. The van der Waals surface area contributed by atoms with Crippen LogP contribution in [0.1, 0.15) is 16.0 Å². The lowest BCUT2D eigenvalue weighted by Gasteiger charge is -2.12. The predicted molar refractivity (Wildman–Crippen MR) is 87.9 cm³/mol. The van der Waals surface area contributed by atoms with Crippen LogP contribution in [0.2, 0.25) is 5.02 Å². The van der Waals surface area contributed by atoms with Crippen LogP contribution < -0.4 is 4.74 Å². The summed E-state index contributed by atoms with van der Waals surface area (Å²) in [6.45, 7) is 0. The van der Waals surface area contributed by atoms with Crippen LogP contribution in [-0.2, 0) is 0 Å². The van der Waals surface area contributed by atoms with Gasteiger partial charge in [-0.25, -0.2) is 0 Å². The molecule has 0 amide bonds. The van der Waals surface area contributed by atoms with Crippen molar-refractivity contribution < 1.29 is 4.74 Å². The first-order valence-corrected chi connectivity index (χ1v) is 7.72. The number of alkyl halides is 1. The minimum atomic E-state index is 0.137. The number of ether oxygens (including phenoxy) is 1. The summed E-state index contributed by atoms with van der Waals surface area (Å²) in [5.41, 5.74) is 2.32. The van der Waals surface area contributed by atoms with E-state index in [0.717, 1.165) is 5.56 Å². The maximum Gasteiger partial charge on any atom is 0.137 e. The smallest absolute Gasteiger partial charge is 0.137 e. The van der Waals surface area contributed by atoms with Crippen molar-refractivity contribution in [1.29, 1.82) is 0 Å². The van der Waals surface area contributed by atoms with Gasteiger partial charge in [-0.05, 0) is 58.0 Å². The molecule has 2 aromatic carbocycles. The van der Waals surface area contributed by atoms with E-state index in [0.29, 0.717) is 10.8 Å². The summed E-state index contributed by atoms with van der Waals surface area (Å²) in [4.78, 5) is 0.137. The fourth-order valence-electron chi connectivity index (χ4n) is 1.66. The highest BCUT2D eigenvalue weighted by Crippen LogP contribution is 2.35. The number of methoxy groups -OCH3 is 1. The topological polar surface area (TPSA) is 9.23 Å². The van der Waals surface area contributed by atoms with Gasteiger partial charge in [-0.1, -0.05) is 45.7 Å².